The molecule has 2 aliphatic rings. The third-order valence-electron chi connectivity index (χ3n) is 20.3. The Kier molecular flexibility index (Phi) is 15.4. The third kappa shape index (κ3) is 10.4. The van der Waals surface area contributed by atoms with Gasteiger partial charge in [-0.3, -0.25) is 0 Å². The molecule has 3 heterocycles. The lowest BCUT2D eigenvalue weighted by atomic mass is 9.87. The molecule has 1 atom stereocenters. The first-order valence-corrected chi connectivity index (χ1v) is 33.9. The maximum Gasteiger partial charge on any atom is 0.0586 e. The van der Waals surface area contributed by atoms with Crippen molar-refractivity contribution in [1.29, 1.82) is 0 Å². The first-order valence-electron chi connectivity index (χ1n) is 33.9. The number of aryl methyl sites for hydroxylation is 4. The normalized spacial score (nSPS) is 13.5. The second-order valence-electron chi connectivity index (χ2n) is 26.4. The molecule has 2 aliphatic carbocycles. The summed E-state index contributed by atoms with van der Waals surface area (Å²) in [5.41, 5.74) is 32.2. The first-order chi connectivity index (χ1) is 47.5. The van der Waals surface area contributed by atoms with Crippen molar-refractivity contribution < 1.29 is 0 Å². The van der Waals surface area contributed by atoms with Crippen LogP contribution in [0.25, 0.3) is 138 Å². The molecule has 466 valence electrons. The molecule has 3 nitrogen and oxygen atoms in total. The SMILES string of the molecule is C=C(C)C1=CC(n2c3ccccc3c3c(-c4cccc(C)c4-c4ccccc4C)cccc32)=CC(n2c3ccccc3c3c(-c4cccc5c4c4ccccc4n5-c4ccccc4)cccc32)C1.C=C(C1=C(C)c2cccc3cccc1c23)c1ccc(C)cc1.Cc1ccccc1. The van der Waals surface area contributed by atoms with Gasteiger partial charge in [-0.2, -0.15) is 0 Å². The lowest BCUT2D eigenvalue weighted by Crippen LogP contribution is -2.13. The molecule has 0 saturated carbocycles. The van der Waals surface area contributed by atoms with Crippen molar-refractivity contribution in [2.75, 3.05) is 0 Å². The number of hydrogen-bond donors (Lipinski definition) is 0. The summed E-state index contributed by atoms with van der Waals surface area (Å²) in [6, 6.07) is 106. The molecule has 0 N–H and O–H groups in total. The van der Waals surface area contributed by atoms with Crippen LogP contribution in [0.5, 0.6) is 0 Å². The number of nitrogens with zero attached hydrogens (tertiary/aromatic N) is 3. The maximum atomic E-state index is 4.58. The number of rotatable bonds is 9. The van der Waals surface area contributed by atoms with Gasteiger partial charge < -0.3 is 13.7 Å². The van der Waals surface area contributed by atoms with Crippen LogP contribution < -0.4 is 0 Å². The van der Waals surface area contributed by atoms with Crippen LogP contribution in [0, 0.1) is 27.7 Å². The predicted octanol–water partition coefficient (Wildman–Crippen LogP) is 25.7. The molecule has 13 aromatic carbocycles. The highest BCUT2D eigenvalue weighted by Crippen LogP contribution is 2.50. The molecule has 18 rings (SSSR count). The molecule has 97 heavy (non-hydrogen) atoms. The zero-order valence-electron chi connectivity index (χ0n) is 55.9. The van der Waals surface area contributed by atoms with E-state index >= 15 is 0 Å². The second kappa shape index (κ2) is 24.8. The van der Waals surface area contributed by atoms with Gasteiger partial charge in [-0.05, 0) is 203 Å². The minimum Gasteiger partial charge on any atom is -0.333 e. The Morgan fingerprint density at radius 3 is 1.44 bits per heavy atom. The number of para-hydroxylation sites is 4. The summed E-state index contributed by atoms with van der Waals surface area (Å²) in [5.74, 6) is 0. The van der Waals surface area contributed by atoms with Gasteiger partial charge in [-0.15, -0.1) is 0 Å². The van der Waals surface area contributed by atoms with Crippen LogP contribution >= 0.6 is 0 Å². The summed E-state index contributed by atoms with van der Waals surface area (Å²) in [6.45, 7) is 22.0. The molecule has 3 aromatic heterocycles. The average molecular weight is 1250 g/mol. The third-order valence-corrected chi connectivity index (χ3v) is 20.3. The van der Waals surface area contributed by atoms with E-state index in [-0.39, 0.29) is 6.04 Å². The van der Waals surface area contributed by atoms with E-state index in [4.69, 9.17) is 0 Å². The molecule has 0 bridgehead atoms. The van der Waals surface area contributed by atoms with Crippen LogP contribution in [0.1, 0.15) is 65.3 Å². The molecular weight excluding hydrogens is 1170 g/mol. The fourth-order valence-electron chi connectivity index (χ4n) is 15.7. The highest BCUT2D eigenvalue weighted by molar-refractivity contribution is 6.26. The first kappa shape index (κ1) is 60.2. The van der Waals surface area contributed by atoms with E-state index in [1.54, 1.807) is 0 Å². The van der Waals surface area contributed by atoms with Gasteiger partial charge in [-0.25, -0.2) is 0 Å². The van der Waals surface area contributed by atoms with E-state index in [9.17, 15) is 0 Å². The molecule has 16 aromatic rings. The van der Waals surface area contributed by atoms with Crippen molar-refractivity contribution in [3.63, 3.8) is 0 Å². The van der Waals surface area contributed by atoms with E-state index < -0.39 is 0 Å². The summed E-state index contributed by atoms with van der Waals surface area (Å²) in [5, 5.41) is 10.2. The van der Waals surface area contributed by atoms with Crippen molar-refractivity contribution in [3.05, 3.63) is 367 Å². The molecule has 0 amide bonds. The Morgan fingerprint density at radius 1 is 0.361 bits per heavy atom. The van der Waals surface area contributed by atoms with E-state index in [1.165, 1.54) is 165 Å². The minimum atomic E-state index is 0.0129. The van der Waals surface area contributed by atoms with Crippen LogP contribution in [0.2, 0.25) is 0 Å². The Bertz CT molecular complexity index is 5930. The lowest BCUT2D eigenvalue weighted by Gasteiger charge is -2.26. The topological polar surface area (TPSA) is 14.8 Å². The van der Waals surface area contributed by atoms with Gasteiger partial charge >= 0.3 is 0 Å². The standard InChI is InChI=1S/C65H49N3.C22H18.C7H8/c1-41(2)44-38-46(67-57-33-14-11-26-54(57)63-50(29-17-36-60(63)67)49-28-16-21-43(4)62(49)48-24-9-8-20-42(48)3)40-47(39-44)68-58-34-15-12-27-55(58)65-52(31-19-37-61(65)68)51-30-18-35-59-64(51)53-25-10-13-32-56(53)66(59)45-22-6-5-7-23-45;1-14-10-12-17(13-11-14)15(2)21-16(3)19-8-4-6-18-7-5-9-20(21)22(18)19;1-7-5-3-2-4-6-7/h5-38,40,47H,1,39H2,2-4H3;4-13H,2H2,1,3H3;2-6H,1H3. The molecule has 0 fully saturated rings. The molecule has 0 aliphatic heterocycles. The van der Waals surface area contributed by atoms with Crippen molar-refractivity contribution in [3.8, 4) is 39.1 Å². The number of fused-ring (bicyclic) bond motifs is 9. The zero-order valence-corrected chi connectivity index (χ0v) is 55.9. The highest BCUT2D eigenvalue weighted by Gasteiger charge is 2.29. The molecule has 3 heteroatoms. The van der Waals surface area contributed by atoms with Gasteiger partial charge in [0.2, 0.25) is 0 Å². The van der Waals surface area contributed by atoms with Crippen LogP contribution in [-0.4, -0.2) is 13.7 Å². The summed E-state index contributed by atoms with van der Waals surface area (Å²) < 4.78 is 7.53. The van der Waals surface area contributed by atoms with Crippen LogP contribution in [0.15, 0.2) is 328 Å². The average Bonchev–Trinajstić information content (AvgIpc) is 1.57. The van der Waals surface area contributed by atoms with Crippen LogP contribution in [-0.2, 0) is 0 Å². The zero-order chi connectivity index (χ0) is 66.0. The molecule has 1 unspecified atom stereocenters. The van der Waals surface area contributed by atoms with Gasteiger partial charge in [0.05, 0.1) is 33.6 Å². The number of hydrogen-bond acceptors (Lipinski definition) is 0. The fourth-order valence-corrected chi connectivity index (χ4v) is 15.7. The predicted molar refractivity (Wildman–Crippen MR) is 418 cm³/mol. The Hall–Kier alpha value is -11.8. The van der Waals surface area contributed by atoms with Crippen molar-refractivity contribution in [2.24, 2.45) is 0 Å². The maximum absolute atomic E-state index is 4.58. The molecular formula is C94H75N3. The summed E-state index contributed by atoms with van der Waals surface area (Å²) in [6.07, 6.45) is 5.75. The van der Waals surface area contributed by atoms with E-state index in [0.717, 1.165) is 29.0 Å². The molecule has 0 saturated heterocycles. The molecule has 0 spiro atoms. The number of allylic oxidation sites excluding steroid dienone is 8. The second-order valence-corrected chi connectivity index (χ2v) is 26.4. The largest absolute Gasteiger partial charge is 0.333 e. The van der Waals surface area contributed by atoms with Crippen molar-refractivity contribution >= 4 is 98.6 Å². The Labute approximate surface area is 568 Å². The van der Waals surface area contributed by atoms with E-state index in [2.05, 4.69) is 354 Å². The fraction of sp³-hybridized carbons (Fsp3) is 0.0851. The Morgan fingerprint density at radius 2 is 0.814 bits per heavy atom. The minimum absolute atomic E-state index is 0.0129. The van der Waals surface area contributed by atoms with Gasteiger partial charge in [0.15, 0.2) is 0 Å². The Balaban J connectivity index is 0.000000209. The quantitative estimate of drug-likeness (QED) is 0.137. The summed E-state index contributed by atoms with van der Waals surface area (Å²) >= 11 is 0. The van der Waals surface area contributed by atoms with Crippen LogP contribution in [0.3, 0.4) is 0 Å². The van der Waals surface area contributed by atoms with Crippen molar-refractivity contribution in [2.45, 2.75) is 54.0 Å². The smallest absolute Gasteiger partial charge is 0.0586 e. The summed E-state index contributed by atoms with van der Waals surface area (Å²) in [4.78, 5) is 0. The van der Waals surface area contributed by atoms with Gasteiger partial charge in [0.1, 0.15) is 0 Å². The van der Waals surface area contributed by atoms with E-state index in [1.807, 2.05) is 18.2 Å². The number of aromatic nitrogens is 3. The van der Waals surface area contributed by atoms with Gasteiger partial charge in [0.25, 0.3) is 0 Å². The van der Waals surface area contributed by atoms with Crippen molar-refractivity contribution in [1.82, 2.24) is 13.7 Å². The monoisotopic (exact) mass is 1250 g/mol. The van der Waals surface area contributed by atoms with Crippen LogP contribution in [0.4, 0.5) is 0 Å². The van der Waals surface area contributed by atoms with Gasteiger partial charge in [0, 0.05) is 49.2 Å². The van der Waals surface area contributed by atoms with Gasteiger partial charge in [-0.1, -0.05) is 273 Å². The summed E-state index contributed by atoms with van der Waals surface area (Å²) in [7, 11) is 0. The molecule has 0 radical (unpaired) electrons. The number of benzene rings is 13. The highest BCUT2D eigenvalue weighted by atomic mass is 15.0. The van der Waals surface area contributed by atoms with E-state index in [0.29, 0.717) is 0 Å². The lowest BCUT2D eigenvalue weighted by molar-refractivity contribution is 0.632.